The van der Waals surface area contributed by atoms with E-state index >= 15 is 0 Å². The molecule has 0 saturated carbocycles. The van der Waals surface area contributed by atoms with Crippen LogP contribution in [0.25, 0.3) is 0 Å². The summed E-state index contributed by atoms with van der Waals surface area (Å²) in [6.07, 6.45) is 8.36. The van der Waals surface area contributed by atoms with Gasteiger partial charge in [0.15, 0.2) is 0 Å². The van der Waals surface area contributed by atoms with Crippen LogP contribution in [0.5, 0.6) is 5.75 Å². The van der Waals surface area contributed by atoms with E-state index in [1.165, 1.54) is 36.9 Å². The standard InChI is InChI=1S/C21H33N3O2/c1-4-5-6-7-8-9-13-23-20(25)26-16-10-11-18-17(15-16)21(2)12-14-22-19(21)24(18)3/h10-11,15,19,22H,4-9,12-14H2,1-3H3,(H,23,25)/t19-,21+/m1/s1. The molecule has 0 bridgehead atoms. The van der Waals surface area contributed by atoms with E-state index < -0.39 is 0 Å². The Balaban J connectivity index is 1.50. The summed E-state index contributed by atoms with van der Waals surface area (Å²) in [4.78, 5) is 14.4. The number of amides is 1. The number of rotatable bonds is 8. The third-order valence-electron chi connectivity index (χ3n) is 5.95. The number of carbonyl (C=O) groups excluding carboxylic acids is 1. The number of fused-ring (bicyclic) bond motifs is 3. The highest BCUT2D eigenvalue weighted by Gasteiger charge is 2.49. The van der Waals surface area contributed by atoms with Gasteiger partial charge in [-0.3, -0.25) is 5.32 Å². The lowest BCUT2D eigenvalue weighted by molar-refractivity contribution is 0.200. The fraction of sp³-hybridized carbons (Fsp3) is 0.667. The summed E-state index contributed by atoms with van der Waals surface area (Å²) in [6, 6.07) is 6.00. The molecule has 2 N–H and O–H groups in total. The molecule has 0 unspecified atom stereocenters. The molecule has 1 fully saturated rings. The largest absolute Gasteiger partial charge is 0.412 e. The van der Waals surface area contributed by atoms with Crippen molar-refractivity contribution in [3.8, 4) is 5.75 Å². The fourth-order valence-electron chi connectivity index (χ4n) is 4.40. The van der Waals surface area contributed by atoms with Gasteiger partial charge in [0.2, 0.25) is 0 Å². The first-order chi connectivity index (χ1) is 12.6. The molecule has 1 aromatic rings. The highest BCUT2D eigenvalue weighted by atomic mass is 16.6. The number of benzene rings is 1. The average Bonchev–Trinajstić information content (AvgIpc) is 3.11. The van der Waals surface area contributed by atoms with E-state index in [9.17, 15) is 4.79 Å². The fourth-order valence-corrected chi connectivity index (χ4v) is 4.40. The van der Waals surface area contributed by atoms with Crippen LogP contribution in [-0.4, -0.2) is 32.4 Å². The highest BCUT2D eigenvalue weighted by molar-refractivity contribution is 5.72. The number of unbranched alkanes of at least 4 members (excludes halogenated alkanes) is 5. The Morgan fingerprint density at radius 2 is 2.08 bits per heavy atom. The predicted molar refractivity (Wildman–Crippen MR) is 106 cm³/mol. The molecule has 1 saturated heterocycles. The topological polar surface area (TPSA) is 53.6 Å². The van der Waals surface area contributed by atoms with E-state index in [0.29, 0.717) is 18.5 Å². The second-order valence-corrected chi connectivity index (χ2v) is 7.90. The summed E-state index contributed by atoms with van der Waals surface area (Å²) in [5.74, 6) is 0.631. The van der Waals surface area contributed by atoms with Crippen LogP contribution in [0.4, 0.5) is 10.5 Å². The quantitative estimate of drug-likeness (QED) is 0.684. The summed E-state index contributed by atoms with van der Waals surface area (Å²) < 4.78 is 5.52. The van der Waals surface area contributed by atoms with E-state index in [4.69, 9.17) is 4.74 Å². The molecule has 1 amide bonds. The van der Waals surface area contributed by atoms with Gasteiger partial charge in [-0.05, 0) is 43.1 Å². The first-order valence-corrected chi connectivity index (χ1v) is 10.1. The van der Waals surface area contributed by atoms with Crippen molar-refractivity contribution in [1.82, 2.24) is 10.6 Å². The Morgan fingerprint density at radius 3 is 2.88 bits per heavy atom. The third kappa shape index (κ3) is 3.83. The zero-order valence-electron chi connectivity index (χ0n) is 16.4. The Morgan fingerprint density at radius 1 is 1.31 bits per heavy atom. The monoisotopic (exact) mass is 359 g/mol. The lowest BCUT2D eigenvalue weighted by Crippen LogP contribution is -2.44. The number of nitrogens with zero attached hydrogens (tertiary/aromatic N) is 1. The maximum atomic E-state index is 12.1. The van der Waals surface area contributed by atoms with Crippen molar-refractivity contribution in [3.63, 3.8) is 0 Å². The van der Waals surface area contributed by atoms with Crippen LogP contribution in [0.1, 0.15) is 64.4 Å². The molecule has 2 atom stereocenters. The summed E-state index contributed by atoms with van der Waals surface area (Å²) >= 11 is 0. The molecule has 5 nitrogen and oxygen atoms in total. The van der Waals surface area contributed by atoms with Crippen LogP contribution in [-0.2, 0) is 5.41 Å². The smallest absolute Gasteiger partial charge is 0.410 e. The number of nitrogens with one attached hydrogen (secondary N) is 2. The van der Waals surface area contributed by atoms with Crippen molar-refractivity contribution in [1.29, 1.82) is 0 Å². The molecule has 2 aliphatic heterocycles. The molecule has 1 aromatic carbocycles. The predicted octanol–water partition coefficient (Wildman–Crippen LogP) is 4.16. The van der Waals surface area contributed by atoms with Crippen molar-refractivity contribution < 1.29 is 9.53 Å². The van der Waals surface area contributed by atoms with Crippen LogP contribution in [0, 0.1) is 0 Å². The molecule has 26 heavy (non-hydrogen) atoms. The first-order valence-electron chi connectivity index (χ1n) is 10.1. The average molecular weight is 360 g/mol. The lowest BCUT2D eigenvalue weighted by Gasteiger charge is -2.27. The minimum Gasteiger partial charge on any atom is -0.410 e. The van der Waals surface area contributed by atoms with E-state index in [-0.39, 0.29) is 11.5 Å². The van der Waals surface area contributed by atoms with Crippen molar-refractivity contribution in [2.24, 2.45) is 0 Å². The molecule has 2 aliphatic rings. The van der Waals surface area contributed by atoms with Crippen LogP contribution < -0.4 is 20.3 Å². The molecule has 3 rings (SSSR count). The van der Waals surface area contributed by atoms with Crippen molar-refractivity contribution >= 4 is 11.8 Å². The molecule has 0 aromatic heterocycles. The van der Waals surface area contributed by atoms with E-state index in [0.717, 1.165) is 25.8 Å². The van der Waals surface area contributed by atoms with Gasteiger partial charge in [-0.1, -0.05) is 46.0 Å². The SMILES string of the molecule is CCCCCCCCNC(=O)Oc1ccc2c(c1)[C@]1(C)CCN[C@@H]1N2C. The molecular formula is C21H33N3O2. The summed E-state index contributed by atoms with van der Waals surface area (Å²) in [5, 5.41) is 6.44. The van der Waals surface area contributed by atoms with Crippen LogP contribution in [0.3, 0.4) is 0 Å². The highest BCUT2D eigenvalue weighted by Crippen LogP contribution is 2.49. The second-order valence-electron chi connectivity index (χ2n) is 7.90. The van der Waals surface area contributed by atoms with Crippen LogP contribution in [0.2, 0.25) is 0 Å². The van der Waals surface area contributed by atoms with Crippen LogP contribution >= 0.6 is 0 Å². The molecule has 5 heteroatoms. The van der Waals surface area contributed by atoms with E-state index in [1.54, 1.807) is 0 Å². The summed E-state index contributed by atoms with van der Waals surface area (Å²) in [6.45, 7) is 6.22. The second kappa shape index (κ2) is 8.30. The molecule has 2 heterocycles. The lowest BCUT2D eigenvalue weighted by atomic mass is 9.81. The van der Waals surface area contributed by atoms with Gasteiger partial charge in [-0.2, -0.15) is 0 Å². The minimum atomic E-state index is -0.351. The third-order valence-corrected chi connectivity index (χ3v) is 5.95. The Hall–Kier alpha value is -1.75. The van der Waals surface area contributed by atoms with Gasteiger partial charge in [-0.15, -0.1) is 0 Å². The Labute approximate surface area is 157 Å². The summed E-state index contributed by atoms with van der Waals surface area (Å²) in [5.41, 5.74) is 2.58. The maximum Gasteiger partial charge on any atom is 0.412 e. The molecule has 144 valence electrons. The number of hydrogen-bond donors (Lipinski definition) is 2. The summed E-state index contributed by atoms with van der Waals surface area (Å²) in [7, 11) is 2.13. The Bertz CT molecular complexity index is 634. The molecule has 0 aliphatic carbocycles. The van der Waals surface area contributed by atoms with Gasteiger partial charge < -0.3 is 15.0 Å². The Kier molecular flexibility index (Phi) is 6.07. The zero-order valence-corrected chi connectivity index (χ0v) is 16.4. The first kappa shape index (κ1) is 19.0. The molecule has 0 radical (unpaired) electrons. The zero-order chi connectivity index (χ0) is 18.6. The van der Waals surface area contributed by atoms with Gasteiger partial charge in [0.1, 0.15) is 5.75 Å². The number of likely N-dealkylation sites (N-methyl/N-ethyl adjacent to an activating group) is 1. The van der Waals surface area contributed by atoms with Crippen molar-refractivity contribution in [2.45, 2.75) is 70.4 Å². The normalized spacial score (nSPS) is 23.7. The molecular weight excluding hydrogens is 326 g/mol. The number of anilines is 1. The maximum absolute atomic E-state index is 12.1. The van der Waals surface area contributed by atoms with Gasteiger partial charge in [0.05, 0.1) is 6.17 Å². The van der Waals surface area contributed by atoms with E-state index in [1.807, 2.05) is 12.1 Å². The van der Waals surface area contributed by atoms with Gasteiger partial charge in [-0.25, -0.2) is 4.79 Å². The minimum absolute atomic E-state index is 0.0818. The number of ether oxygens (including phenoxy) is 1. The number of carbonyl (C=O) groups is 1. The van der Waals surface area contributed by atoms with Gasteiger partial charge in [0.25, 0.3) is 0 Å². The van der Waals surface area contributed by atoms with Crippen LogP contribution in [0.15, 0.2) is 18.2 Å². The van der Waals surface area contributed by atoms with Crippen molar-refractivity contribution in [2.75, 3.05) is 25.0 Å². The van der Waals surface area contributed by atoms with Crippen molar-refractivity contribution in [3.05, 3.63) is 23.8 Å². The number of hydrogen-bond acceptors (Lipinski definition) is 4. The molecule has 0 spiro atoms. The van der Waals surface area contributed by atoms with Gasteiger partial charge >= 0.3 is 6.09 Å². The van der Waals surface area contributed by atoms with E-state index in [2.05, 4.69) is 42.5 Å². The van der Waals surface area contributed by atoms with Gasteiger partial charge in [0, 0.05) is 24.7 Å².